The van der Waals surface area contributed by atoms with Gasteiger partial charge in [-0.3, -0.25) is 20.2 Å². The van der Waals surface area contributed by atoms with E-state index in [-0.39, 0.29) is 5.56 Å². The average Bonchev–Trinajstić information content (AvgIpc) is 2.34. The highest BCUT2D eigenvalue weighted by atomic mass is 35.6. The Morgan fingerprint density at radius 2 is 1.55 bits per heavy atom. The average molecular weight is 344 g/mol. The molecule has 108 valence electrons. The molecule has 0 bridgehead atoms. The van der Waals surface area contributed by atoms with Gasteiger partial charge in [-0.15, -0.1) is 0 Å². The second-order valence-corrected chi connectivity index (χ2v) is 5.96. The summed E-state index contributed by atoms with van der Waals surface area (Å²) in [5.74, 6) is -1.08. The molecule has 0 aliphatic carbocycles. The Kier molecular flexibility index (Phi) is 5.09. The molecular formula is C9H5Cl3N2O6. The number of rotatable bonds is 4. The monoisotopic (exact) mass is 342 g/mol. The summed E-state index contributed by atoms with van der Waals surface area (Å²) in [6.45, 7) is -0.604. The van der Waals surface area contributed by atoms with Gasteiger partial charge in [0.05, 0.1) is 21.5 Å². The van der Waals surface area contributed by atoms with Gasteiger partial charge >= 0.3 is 5.97 Å². The number of alkyl halides is 3. The molecule has 20 heavy (non-hydrogen) atoms. The maximum atomic E-state index is 11.6. The first kappa shape index (κ1) is 16.4. The van der Waals surface area contributed by atoms with Crippen LogP contribution in [0.4, 0.5) is 11.4 Å². The fourth-order valence-electron chi connectivity index (χ4n) is 1.15. The van der Waals surface area contributed by atoms with Crippen LogP contribution in [0.5, 0.6) is 0 Å². The van der Waals surface area contributed by atoms with E-state index in [0.717, 1.165) is 12.1 Å². The highest BCUT2D eigenvalue weighted by Gasteiger charge is 2.25. The molecule has 1 aromatic carbocycles. The molecule has 0 atom stereocenters. The summed E-state index contributed by atoms with van der Waals surface area (Å²) in [5, 5.41) is 21.3. The van der Waals surface area contributed by atoms with E-state index >= 15 is 0 Å². The zero-order valence-corrected chi connectivity index (χ0v) is 11.7. The van der Waals surface area contributed by atoms with Gasteiger partial charge in [0.1, 0.15) is 6.61 Å². The summed E-state index contributed by atoms with van der Waals surface area (Å²) >= 11 is 16.1. The minimum atomic E-state index is -1.86. The van der Waals surface area contributed by atoms with Crippen molar-refractivity contribution < 1.29 is 19.4 Å². The minimum Gasteiger partial charge on any atom is -0.458 e. The Labute approximate surface area is 126 Å². The molecule has 0 unspecified atom stereocenters. The van der Waals surface area contributed by atoms with Crippen molar-refractivity contribution in [2.24, 2.45) is 0 Å². The molecule has 0 amide bonds. The Balaban J connectivity index is 3.07. The van der Waals surface area contributed by atoms with Crippen LogP contribution in [0.25, 0.3) is 0 Å². The van der Waals surface area contributed by atoms with Crippen LogP contribution >= 0.6 is 34.8 Å². The lowest BCUT2D eigenvalue weighted by molar-refractivity contribution is -0.394. The number of ether oxygens (including phenoxy) is 1. The molecule has 0 saturated carbocycles. The van der Waals surface area contributed by atoms with Crippen molar-refractivity contribution in [1.82, 2.24) is 0 Å². The molecule has 0 N–H and O–H groups in total. The van der Waals surface area contributed by atoms with Gasteiger partial charge in [-0.2, -0.15) is 0 Å². The van der Waals surface area contributed by atoms with E-state index in [9.17, 15) is 25.0 Å². The first-order valence-corrected chi connectivity index (χ1v) is 5.91. The van der Waals surface area contributed by atoms with Crippen LogP contribution in [-0.4, -0.2) is 26.2 Å². The van der Waals surface area contributed by atoms with E-state index in [1.54, 1.807) is 0 Å². The molecule has 0 aliphatic heterocycles. The number of hydrogen-bond donors (Lipinski definition) is 0. The number of nitro benzene ring substituents is 2. The third-order valence-electron chi connectivity index (χ3n) is 1.93. The molecule has 8 nitrogen and oxygen atoms in total. The lowest BCUT2D eigenvalue weighted by Crippen LogP contribution is -2.17. The molecule has 0 saturated heterocycles. The summed E-state index contributed by atoms with van der Waals surface area (Å²) in [7, 11) is 0. The van der Waals surface area contributed by atoms with Crippen LogP contribution in [0.2, 0.25) is 0 Å². The van der Waals surface area contributed by atoms with Gasteiger partial charge in [-0.1, -0.05) is 34.8 Å². The number of hydrogen-bond acceptors (Lipinski definition) is 6. The van der Waals surface area contributed by atoms with Crippen molar-refractivity contribution in [1.29, 1.82) is 0 Å². The van der Waals surface area contributed by atoms with Crippen molar-refractivity contribution in [3.63, 3.8) is 0 Å². The van der Waals surface area contributed by atoms with Crippen molar-refractivity contribution in [2.45, 2.75) is 3.79 Å². The maximum absolute atomic E-state index is 11.6. The predicted molar refractivity (Wildman–Crippen MR) is 70.3 cm³/mol. The van der Waals surface area contributed by atoms with Crippen LogP contribution in [0.15, 0.2) is 18.2 Å². The minimum absolute atomic E-state index is 0.389. The van der Waals surface area contributed by atoms with Crippen molar-refractivity contribution in [3.8, 4) is 0 Å². The Hall–Kier alpha value is -1.64. The number of halogens is 3. The number of esters is 1. The summed E-state index contributed by atoms with van der Waals surface area (Å²) in [6, 6.07) is 2.37. The number of benzene rings is 1. The number of carbonyl (C=O) groups excluding carboxylic acids is 1. The number of nitro groups is 2. The van der Waals surface area contributed by atoms with Crippen molar-refractivity contribution >= 4 is 52.1 Å². The van der Waals surface area contributed by atoms with E-state index in [1.165, 1.54) is 0 Å². The van der Waals surface area contributed by atoms with Crippen LogP contribution in [0.1, 0.15) is 10.4 Å². The van der Waals surface area contributed by atoms with Crippen LogP contribution in [0.3, 0.4) is 0 Å². The fourth-order valence-corrected chi connectivity index (χ4v) is 1.32. The van der Waals surface area contributed by atoms with Gasteiger partial charge < -0.3 is 4.74 Å². The van der Waals surface area contributed by atoms with Gasteiger partial charge in [0.25, 0.3) is 11.4 Å². The summed E-state index contributed by atoms with van der Waals surface area (Å²) < 4.78 is 2.72. The Bertz CT molecular complexity index is 539. The van der Waals surface area contributed by atoms with E-state index in [0.29, 0.717) is 6.07 Å². The van der Waals surface area contributed by atoms with E-state index in [1.807, 2.05) is 0 Å². The van der Waals surface area contributed by atoms with Crippen LogP contribution in [0, 0.1) is 20.2 Å². The summed E-state index contributed by atoms with van der Waals surface area (Å²) in [5.41, 5.74) is -1.64. The quantitative estimate of drug-likeness (QED) is 0.359. The summed E-state index contributed by atoms with van der Waals surface area (Å²) in [6.07, 6.45) is 0. The number of carbonyl (C=O) groups is 1. The molecule has 0 spiro atoms. The first-order valence-electron chi connectivity index (χ1n) is 4.78. The first-order chi connectivity index (χ1) is 9.10. The third kappa shape index (κ3) is 4.80. The predicted octanol–water partition coefficient (Wildman–Crippen LogP) is 3.03. The fraction of sp³-hybridized carbons (Fsp3) is 0.222. The van der Waals surface area contributed by atoms with Crippen molar-refractivity contribution in [3.05, 3.63) is 44.0 Å². The van der Waals surface area contributed by atoms with Crippen LogP contribution in [-0.2, 0) is 4.74 Å². The van der Waals surface area contributed by atoms with Gasteiger partial charge in [0, 0.05) is 12.1 Å². The Morgan fingerprint density at radius 3 is 1.90 bits per heavy atom. The van der Waals surface area contributed by atoms with Gasteiger partial charge in [0.2, 0.25) is 3.79 Å². The molecule has 0 fully saturated rings. The lowest BCUT2D eigenvalue weighted by Gasteiger charge is -2.11. The van der Waals surface area contributed by atoms with Crippen LogP contribution < -0.4 is 0 Å². The zero-order chi connectivity index (χ0) is 15.5. The van der Waals surface area contributed by atoms with E-state index < -0.39 is 37.6 Å². The molecular weight excluding hydrogens is 338 g/mol. The molecule has 0 radical (unpaired) electrons. The second kappa shape index (κ2) is 6.21. The van der Waals surface area contributed by atoms with Gasteiger partial charge in [-0.05, 0) is 0 Å². The molecule has 1 aromatic rings. The van der Waals surface area contributed by atoms with Gasteiger partial charge in [0.15, 0.2) is 0 Å². The third-order valence-corrected chi connectivity index (χ3v) is 2.25. The zero-order valence-electron chi connectivity index (χ0n) is 9.42. The Morgan fingerprint density at radius 1 is 1.10 bits per heavy atom. The normalized spacial score (nSPS) is 10.9. The molecule has 0 heterocycles. The molecule has 1 rings (SSSR count). The number of non-ortho nitro benzene ring substituents is 2. The number of nitrogens with zero attached hydrogens (tertiary/aromatic N) is 2. The standard InChI is InChI=1S/C9H5Cl3N2O6/c10-9(11,12)4-20-8(15)5-1-6(13(16)17)3-7(2-5)14(18)19/h1-3H,4H2. The second-order valence-electron chi connectivity index (χ2n) is 3.44. The highest BCUT2D eigenvalue weighted by molar-refractivity contribution is 6.67. The van der Waals surface area contributed by atoms with E-state index in [2.05, 4.69) is 4.74 Å². The SMILES string of the molecule is O=C(OCC(Cl)(Cl)Cl)c1cc([N+](=O)[O-])cc([N+](=O)[O-])c1. The smallest absolute Gasteiger partial charge is 0.338 e. The molecule has 0 aliphatic rings. The largest absolute Gasteiger partial charge is 0.458 e. The summed E-state index contributed by atoms with van der Waals surface area (Å²) in [4.78, 5) is 31.1. The maximum Gasteiger partial charge on any atom is 0.338 e. The molecule has 0 aromatic heterocycles. The van der Waals surface area contributed by atoms with Gasteiger partial charge in [-0.25, -0.2) is 4.79 Å². The highest BCUT2D eigenvalue weighted by Crippen LogP contribution is 2.27. The molecule has 11 heteroatoms. The topological polar surface area (TPSA) is 113 Å². The van der Waals surface area contributed by atoms with Crippen molar-refractivity contribution in [2.75, 3.05) is 6.61 Å². The lowest BCUT2D eigenvalue weighted by atomic mass is 10.2. The van der Waals surface area contributed by atoms with E-state index in [4.69, 9.17) is 34.8 Å².